The first kappa shape index (κ1) is 8.35. The molecule has 0 aromatic heterocycles. The summed E-state index contributed by atoms with van der Waals surface area (Å²) in [5.74, 6) is 2.01. The SMILES string of the molecule is CC(C)(C)N1CCCC1=C=O. The minimum Gasteiger partial charge on any atom is -0.361 e. The number of hydrogen-bond donors (Lipinski definition) is 0. The van der Waals surface area contributed by atoms with Gasteiger partial charge in [-0.1, -0.05) is 0 Å². The lowest BCUT2D eigenvalue weighted by atomic mass is 10.1. The molecule has 0 amide bonds. The van der Waals surface area contributed by atoms with Crippen molar-refractivity contribution >= 4 is 5.94 Å². The van der Waals surface area contributed by atoms with Crippen molar-refractivity contribution < 1.29 is 4.79 Å². The number of rotatable bonds is 0. The standard InChI is InChI=1S/C9H15NO/c1-9(2,3)10-6-4-5-8(10)7-11/h4-6H2,1-3H3. The maximum absolute atomic E-state index is 10.5. The molecular formula is C9H15NO. The second kappa shape index (κ2) is 2.71. The van der Waals surface area contributed by atoms with E-state index in [2.05, 4.69) is 25.7 Å². The van der Waals surface area contributed by atoms with Gasteiger partial charge in [-0.15, -0.1) is 0 Å². The highest BCUT2D eigenvalue weighted by molar-refractivity contribution is 5.52. The van der Waals surface area contributed by atoms with Crippen molar-refractivity contribution in [3.05, 3.63) is 5.70 Å². The number of carbonyl (C=O) groups excluding carboxylic acids is 1. The zero-order valence-electron chi connectivity index (χ0n) is 7.48. The summed E-state index contributed by atoms with van der Waals surface area (Å²) in [4.78, 5) is 12.6. The van der Waals surface area contributed by atoms with Crippen LogP contribution in [0.3, 0.4) is 0 Å². The van der Waals surface area contributed by atoms with Crippen molar-refractivity contribution in [1.29, 1.82) is 0 Å². The molecular weight excluding hydrogens is 138 g/mol. The van der Waals surface area contributed by atoms with Gasteiger partial charge in [-0.25, -0.2) is 4.79 Å². The third-order valence-corrected chi connectivity index (χ3v) is 2.05. The van der Waals surface area contributed by atoms with Crippen LogP contribution in [0, 0.1) is 0 Å². The average molecular weight is 153 g/mol. The first-order valence-electron chi connectivity index (χ1n) is 4.07. The first-order valence-corrected chi connectivity index (χ1v) is 4.07. The quantitative estimate of drug-likeness (QED) is 0.493. The molecule has 0 radical (unpaired) electrons. The van der Waals surface area contributed by atoms with Gasteiger partial charge in [-0.3, -0.25) is 0 Å². The van der Waals surface area contributed by atoms with Crippen LogP contribution >= 0.6 is 0 Å². The van der Waals surface area contributed by atoms with Gasteiger partial charge >= 0.3 is 0 Å². The molecule has 11 heavy (non-hydrogen) atoms. The first-order chi connectivity index (χ1) is 5.05. The molecule has 0 aliphatic carbocycles. The Hall–Kier alpha value is -0.750. The van der Waals surface area contributed by atoms with Crippen molar-refractivity contribution in [3.8, 4) is 0 Å². The van der Waals surface area contributed by atoms with Gasteiger partial charge in [-0.2, -0.15) is 0 Å². The number of likely N-dealkylation sites (tertiary alicyclic amines) is 1. The molecule has 2 nitrogen and oxygen atoms in total. The second-order valence-corrected chi connectivity index (χ2v) is 3.97. The summed E-state index contributed by atoms with van der Waals surface area (Å²) in [6.45, 7) is 7.37. The molecule has 1 heterocycles. The molecule has 0 N–H and O–H groups in total. The normalized spacial score (nSPS) is 18.8. The van der Waals surface area contributed by atoms with Crippen LogP contribution in [0.4, 0.5) is 0 Å². The number of allylic oxidation sites excluding steroid dienone is 1. The van der Waals surface area contributed by atoms with Crippen LogP contribution in [0.25, 0.3) is 0 Å². The van der Waals surface area contributed by atoms with Crippen molar-refractivity contribution in [1.82, 2.24) is 4.90 Å². The Labute approximate surface area is 67.9 Å². The summed E-state index contributed by atoms with van der Waals surface area (Å²) < 4.78 is 0. The van der Waals surface area contributed by atoms with Crippen LogP contribution in [0.2, 0.25) is 0 Å². The third kappa shape index (κ3) is 1.63. The van der Waals surface area contributed by atoms with Crippen molar-refractivity contribution in [3.63, 3.8) is 0 Å². The van der Waals surface area contributed by atoms with E-state index >= 15 is 0 Å². The fourth-order valence-corrected chi connectivity index (χ4v) is 1.52. The highest BCUT2D eigenvalue weighted by atomic mass is 16.1. The topological polar surface area (TPSA) is 20.3 Å². The molecule has 0 aromatic rings. The van der Waals surface area contributed by atoms with Crippen molar-refractivity contribution in [2.45, 2.75) is 39.2 Å². The lowest BCUT2D eigenvalue weighted by Gasteiger charge is -2.33. The fourth-order valence-electron chi connectivity index (χ4n) is 1.52. The van der Waals surface area contributed by atoms with E-state index in [1.807, 2.05) is 5.94 Å². The molecule has 1 rings (SSSR count). The minimum atomic E-state index is 0.0866. The fraction of sp³-hybridized carbons (Fsp3) is 0.778. The average Bonchev–Trinajstić information content (AvgIpc) is 2.31. The van der Waals surface area contributed by atoms with Gasteiger partial charge in [0.05, 0.1) is 5.70 Å². The third-order valence-electron chi connectivity index (χ3n) is 2.05. The molecule has 1 aliphatic rings. The molecule has 0 bridgehead atoms. The van der Waals surface area contributed by atoms with E-state index in [0.717, 1.165) is 25.1 Å². The number of hydrogen-bond acceptors (Lipinski definition) is 2. The monoisotopic (exact) mass is 153 g/mol. The van der Waals surface area contributed by atoms with Crippen molar-refractivity contribution in [2.24, 2.45) is 0 Å². The maximum Gasteiger partial charge on any atom is 0.145 e. The molecule has 0 saturated carbocycles. The van der Waals surface area contributed by atoms with Gasteiger partial charge in [-0.05, 0) is 33.6 Å². The molecule has 62 valence electrons. The van der Waals surface area contributed by atoms with Crippen LogP contribution in [-0.2, 0) is 4.79 Å². The molecule has 0 spiro atoms. The Morgan fingerprint density at radius 1 is 1.45 bits per heavy atom. The Bertz CT molecular complexity index is 196. The molecule has 1 aliphatic heterocycles. The van der Waals surface area contributed by atoms with Crippen LogP contribution in [-0.4, -0.2) is 22.9 Å². The van der Waals surface area contributed by atoms with E-state index < -0.39 is 0 Å². The minimum absolute atomic E-state index is 0.0866. The maximum atomic E-state index is 10.5. The van der Waals surface area contributed by atoms with Crippen LogP contribution in [0.5, 0.6) is 0 Å². The molecule has 2 heteroatoms. The largest absolute Gasteiger partial charge is 0.361 e. The van der Waals surface area contributed by atoms with Crippen LogP contribution in [0.15, 0.2) is 5.70 Å². The Morgan fingerprint density at radius 2 is 2.09 bits per heavy atom. The predicted octanol–water partition coefficient (Wildman–Crippen LogP) is 1.60. The molecule has 0 atom stereocenters. The summed E-state index contributed by atoms with van der Waals surface area (Å²) in [6.07, 6.45) is 2.00. The Balaban J connectivity index is 2.81. The van der Waals surface area contributed by atoms with Crippen LogP contribution in [0.1, 0.15) is 33.6 Å². The summed E-state index contributed by atoms with van der Waals surface area (Å²) in [6, 6.07) is 0. The summed E-state index contributed by atoms with van der Waals surface area (Å²) in [5, 5.41) is 0. The van der Waals surface area contributed by atoms with Gasteiger partial charge in [0, 0.05) is 12.1 Å². The molecule has 0 aromatic carbocycles. The summed E-state index contributed by atoms with van der Waals surface area (Å²) in [5.41, 5.74) is 0.931. The molecule has 1 fully saturated rings. The van der Waals surface area contributed by atoms with Gasteiger partial charge in [0.1, 0.15) is 5.94 Å². The molecule has 1 saturated heterocycles. The van der Waals surface area contributed by atoms with E-state index in [-0.39, 0.29) is 5.54 Å². The van der Waals surface area contributed by atoms with E-state index in [1.165, 1.54) is 0 Å². The smallest absolute Gasteiger partial charge is 0.145 e. The lowest BCUT2D eigenvalue weighted by molar-refractivity contribution is 0.214. The van der Waals surface area contributed by atoms with E-state index in [1.54, 1.807) is 0 Å². The Kier molecular flexibility index (Phi) is 2.05. The summed E-state index contributed by atoms with van der Waals surface area (Å²) in [7, 11) is 0. The summed E-state index contributed by atoms with van der Waals surface area (Å²) >= 11 is 0. The van der Waals surface area contributed by atoms with Gasteiger partial charge in [0.2, 0.25) is 0 Å². The Morgan fingerprint density at radius 3 is 2.45 bits per heavy atom. The van der Waals surface area contributed by atoms with Gasteiger partial charge in [0.25, 0.3) is 0 Å². The van der Waals surface area contributed by atoms with E-state index in [9.17, 15) is 4.79 Å². The number of nitrogens with zero attached hydrogens (tertiary/aromatic N) is 1. The predicted molar refractivity (Wildman–Crippen MR) is 44.9 cm³/mol. The second-order valence-electron chi connectivity index (χ2n) is 3.97. The van der Waals surface area contributed by atoms with Crippen LogP contribution < -0.4 is 0 Å². The van der Waals surface area contributed by atoms with Gasteiger partial charge < -0.3 is 4.90 Å². The zero-order chi connectivity index (χ0) is 8.48. The van der Waals surface area contributed by atoms with Crippen molar-refractivity contribution in [2.75, 3.05) is 6.54 Å². The van der Waals surface area contributed by atoms with Gasteiger partial charge in [0.15, 0.2) is 0 Å². The highest BCUT2D eigenvalue weighted by Crippen LogP contribution is 2.26. The molecule has 0 unspecified atom stereocenters. The zero-order valence-corrected chi connectivity index (χ0v) is 7.48. The van der Waals surface area contributed by atoms with E-state index in [4.69, 9.17) is 0 Å². The van der Waals surface area contributed by atoms with E-state index in [0.29, 0.717) is 0 Å². The lowest BCUT2D eigenvalue weighted by Crippen LogP contribution is -2.37. The highest BCUT2D eigenvalue weighted by Gasteiger charge is 2.27.